The highest BCUT2D eigenvalue weighted by molar-refractivity contribution is 6.34. The fourth-order valence-electron chi connectivity index (χ4n) is 1.53. The van der Waals surface area contributed by atoms with Crippen molar-refractivity contribution in [2.24, 2.45) is 0 Å². The van der Waals surface area contributed by atoms with E-state index in [0.29, 0.717) is 0 Å². The first-order valence-corrected chi connectivity index (χ1v) is 5.44. The van der Waals surface area contributed by atoms with Crippen molar-refractivity contribution in [3.63, 3.8) is 0 Å². The maximum Gasteiger partial charge on any atom is 0.417 e. The molecule has 0 N–H and O–H groups in total. The molecule has 0 aliphatic heterocycles. The quantitative estimate of drug-likeness (QED) is 0.795. The summed E-state index contributed by atoms with van der Waals surface area (Å²) in [5.74, 6) is -0.840. The fourth-order valence-corrected chi connectivity index (χ4v) is 1.73. The van der Waals surface area contributed by atoms with E-state index in [1.165, 1.54) is 18.5 Å². The minimum atomic E-state index is -4.63. The molecule has 0 aliphatic rings. The van der Waals surface area contributed by atoms with Crippen molar-refractivity contribution in [3.05, 3.63) is 58.6 Å². The molecule has 0 atom stereocenters. The second-order valence-electron chi connectivity index (χ2n) is 3.60. The van der Waals surface area contributed by atoms with Crippen molar-refractivity contribution < 1.29 is 18.0 Å². The summed E-state index contributed by atoms with van der Waals surface area (Å²) in [5, 5.41) is -0.00974. The highest BCUT2D eigenvalue weighted by atomic mass is 35.5. The van der Waals surface area contributed by atoms with Crippen molar-refractivity contribution in [2.45, 2.75) is 6.18 Å². The van der Waals surface area contributed by atoms with Gasteiger partial charge in [-0.3, -0.25) is 14.8 Å². The first kappa shape index (κ1) is 13.5. The van der Waals surface area contributed by atoms with Crippen LogP contribution in [0, 0.1) is 0 Å². The molecular formula is C12H6ClF3N2O. The summed E-state index contributed by atoms with van der Waals surface area (Å²) in [6.07, 6.45) is -0.301. The van der Waals surface area contributed by atoms with Crippen LogP contribution in [0.5, 0.6) is 0 Å². The molecule has 0 saturated heterocycles. The number of hydrogen-bond acceptors (Lipinski definition) is 3. The lowest BCUT2D eigenvalue weighted by atomic mass is 10.0. The van der Waals surface area contributed by atoms with Crippen LogP contribution >= 0.6 is 11.6 Å². The van der Waals surface area contributed by atoms with Gasteiger partial charge in [0.05, 0.1) is 16.1 Å². The minimum absolute atomic E-state index is 0.00974. The van der Waals surface area contributed by atoms with E-state index >= 15 is 0 Å². The summed E-state index contributed by atoms with van der Waals surface area (Å²) in [4.78, 5) is 19.3. The number of carbonyl (C=O) groups excluding carboxylic acids is 1. The van der Waals surface area contributed by atoms with Crippen LogP contribution < -0.4 is 0 Å². The summed E-state index contributed by atoms with van der Waals surface area (Å²) in [6.45, 7) is 0. The van der Waals surface area contributed by atoms with Gasteiger partial charge in [-0.05, 0) is 12.1 Å². The average molecular weight is 287 g/mol. The van der Waals surface area contributed by atoms with E-state index in [4.69, 9.17) is 11.6 Å². The van der Waals surface area contributed by atoms with Gasteiger partial charge in [-0.25, -0.2) is 0 Å². The lowest BCUT2D eigenvalue weighted by Gasteiger charge is -2.11. The monoisotopic (exact) mass is 286 g/mol. The van der Waals surface area contributed by atoms with Crippen LogP contribution in [-0.2, 0) is 6.18 Å². The maximum atomic E-state index is 12.8. The van der Waals surface area contributed by atoms with E-state index in [1.807, 2.05) is 0 Å². The smallest absolute Gasteiger partial charge is 0.288 e. The molecule has 0 saturated carbocycles. The SMILES string of the molecule is O=C(c1ccncc1Cl)c1cnccc1C(F)(F)F. The van der Waals surface area contributed by atoms with Crippen LogP contribution in [0.1, 0.15) is 21.5 Å². The van der Waals surface area contributed by atoms with E-state index in [2.05, 4.69) is 9.97 Å². The van der Waals surface area contributed by atoms with Crippen LogP contribution in [0.3, 0.4) is 0 Å². The van der Waals surface area contributed by atoms with Crippen molar-refractivity contribution in [1.29, 1.82) is 0 Å². The van der Waals surface area contributed by atoms with Crippen molar-refractivity contribution in [3.8, 4) is 0 Å². The Morgan fingerprint density at radius 3 is 2.32 bits per heavy atom. The normalized spacial score (nSPS) is 11.4. The summed E-state index contributed by atoms with van der Waals surface area (Å²) in [6, 6.07) is 2.01. The predicted molar refractivity (Wildman–Crippen MR) is 61.9 cm³/mol. The standard InChI is InChI=1S/C12H6ClF3N2O/c13-10-6-18-3-1-7(10)11(19)8-5-17-4-2-9(8)12(14,15)16/h1-6H. The van der Waals surface area contributed by atoms with Gasteiger partial charge >= 0.3 is 6.18 Å². The molecule has 2 aromatic rings. The molecule has 0 spiro atoms. The maximum absolute atomic E-state index is 12.8. The summed E-state index contributed by atoms with van der Waals surface area (Å²) < 4.78 is 38.4. The van der Waals surface area contributed by atoms with Crippen molar-refractivity contribution in [2.75, 3.05) is 0 Å². The van der Waals surface area contributed by atoms with Crippen LogP contribution in [-0.4, -0.2) is 15.8 Å². The minimum Gasteiger partial charge on any atom is -0.288 e. The van der Waals surface area contributed by atoms with Crippen molar-refractivity contribution >= 4 is 17.4 Å². The van der Waals surface area contributed by atoms with Gasteiger partial charge in [-0.2, -0.15) is 13.2 Å². The third-order valence-corrected chi connectivity index (χ3v) is 2.69. The Balaban J connectivity index is 2.55. The summed E-state index contributed by atoms with van der Waals surface area (Å²) >= 11 is 5.75. The topological polar surface area (TPSA) is 42.9 Å². The van der Waals surface area contributed by atoms with Gasteiger partial charge in [0.25, 0.3) is 0 Å². The van der Waals surface area contributed by atoms with Gasteiger partial charge in [0.1, 0.15) is 0 Å². The highest BCUT2D eigenvalue weighted by Crippen LogP contribution is 2.33. The molecule has 2 aromatic heterocycles. The van der Waals surface area contributed by atoms with Gasteiger partial charge < -0.3 is 0 Å². The molecule has 0 radical (unpaired) electrons. The molecule has 0 unspecified atom stereocenters. The number of pyridine rings is 2. The number of carbonyl (C=O) groups is 1. The number of halogens is 4. The number of aromatic nitrogens is 2. The lowest BCUT2D eigenvalue weighted by Crippen LogP contribution is -2.14. The number of hydrogen-bond donors (Lipinski definition) is 0. The lowest BCUT2D eigenvalue weighted by molar-refractivity contribution is -0.137. The van der Waals surface area contributed by atoms with E-state index < -0.39 is 23.1 Å². The number of nitrogens with zero attached hydrogens (tertiary/aromatic N) is 2. The fraction of sp³-hybridized carbons (Fsp3) is 0.0833. The third-order valence-electron chi connectivity index (χ3n) is 2.39. The Morgan fingerprint density at radius 2 is 1.68 bits per heavy atom. The molecular weight excluding hydrogens is 281 g/mol. The predicted octanol–water partition coefficient (Wildman–Crippen LogP) is 3.38. The Morgan fingerprint density at radius 1 is 1.05 bits per heavy atom. The van der Waals surface area contributed by atoms with Gasteiger partial charge in [0.2, 0.25) is 0 Å². The molecule has 0 fully saturated rings. The first-order chi connectivity index (χ1) is 8.91. The third kappa shape index (κ3) is 2.73. The Bertz CT molecular complexity index is 628. The molecule has 0 bridgehead atoms. The molecule has 0 amide bonds. The van der Waals surface area contributed by atoms with Crippen LogP contribution in [0.25, 0.3) is 0 Å². The Labute approximate surface area is 111 Å². The van der Waals surface area contributed by atoms with Gasteiger partial charge in [-0.15, -0.1) is 0 Å². The van der Waals surface area contributed by atoms with E-state index in [-0.39, 0.29) is 10.6 Å². The summed E-state index contributed by atoms with van der Waals surface area (Å²) in [5.41, 5.74) is -1.63. The van der Waals surface area contributed by atoms with E-state index in [9.17, 15) is 18.0 Å². The van der Waals surface area contributed by atoms with Crippen LogP contribution in [0.2, 0.25) is 5.02 Å². The van der Waals surface area contributed by atoms with Gasteiger partial charge in [0.15, 0.2) is 5.78 Å². The van der Waals surface area contributed by atoms with E-state index in [0.717, 1.165) is 18.5 Å². The molecule has 7 heteroatoms. The van der Waals surface area contributed by atoms with Gasteiger partial charge in [0, 0.05) is 30.4 Å². The zero-order chi connectivity index (χ0) is 14.0. The van der Waals surface area contributed by atoms with E-state index in [1.54, 1.807) is 0 Å². The highest BCUT2D eigenvalue weighted by Gasteiger charge is 2.35. The largest absolute Gasteiger partial charge is 0.417 e. The second-order valence-corrected chi connectivity index (χ2v) is 4.01. The molecule has 19 heavy (non-hydrogen) atoms. The molecule has 98 valence electrons. The summed E-state index contributed by atoms with van der Waals surface area (Å²) in [7, 11) is 0. The number of ketones is 1. The zero-order valence-corrected chi connectivity index (χ0v) is 10.0. The van der Waals surface area contributed by atoms with Crippen molar-refractivity contribution in [1.82, 2.24) is 9.97 Å². The van der Waals surface area contributed by atoms with Gasteiger partial charge in [-0.1, -0.05) is 11.6 Å². The average Bonchev–Trinajstić information content (AvgIpc) is 2.37. The molecule has 0 aromatic carbocycles. The Kier molecular flexibility index (Phi) is 3.53. The van der Waals surface area contributed by atoms with Crippen LogP contribution in [0.15, 0.2) is 36.9 Å². The molecule has 0 aliphatic carbocycles. The zero-order valence-electron chi connectivity index (χ0n) is 9.28. The second kappa shape index (κ2) is 4.97. The number of alkyl halides is 3. The van der Waals surface area contributed by atoms with Crippen LogP contribution in [0.4, 0.5) is 13.2 Å². The molecule has 3 nitrogen and oxygen atoms in total. The molecule has 2 rings (SSSR count). The molecule has 2 heterocycles. The number of rotatable bonds is 2. The Hall–Kier alpha value is -1.95. The first-order valence-electron chi connectivity index (χ1n) is 5.06.